The van der Waals surface area contributed by atoms with Gasteiger partial charge >= 0.3 is 0 Å². The van der Waals surface area contributed by atoms with E-state index in [1.54, 1.807) is 12.1 Å². The summed E-state index contributed by atoms with van der Waals surface area (Å²) in [6.45, 7) is 2.02. The summed E-state index contributed by atoms with van der Waals surface area (Å²) < 4.78 is 14.2. The summed E-state index contributed by atoms with van der Waals surface area (Å²) in [6, 6.07) is 10.6. The van der Waals surface area contributed by atoms with E-state index in [0.717, 1.165) is 21.2 Å². The van der Waals surface area contributed by atoms with E-state index in [1.165, 1.54) is 6.07 Å². The largest absolute Gasteiger partial charge is 0.324 e. The van der Waals surface area contributed by atoms with Crippen LogP contribution >= 0.6 is 27.5 Å². The van der Waals surface area contributed by atoms with Crippen molar-refractivity contribution in [3.8, 4) is 0 Å². The first-order chi connectivity index (χ1) is 8.97. The van der Waals surface area contributed by atoms with Crippen LogP contribution in [-0.2, 0) is 6.42 Å². The molecule has 2 aromatic rings. The molecule has 2 N–H and O–H groups in total. The highest BCUT2D eigenvalue weighted by Crippen LogP contribution is 2.24. The predicted molar refractivity (Wildman–Crippen MR) is 80.9 cm³/mol. The lowest BCUT2D eigenvalue weighted by atomic mass is 9.98. The van der Waals surface area contributed by atoms with E-state index in [-0.39, 0.29) is 11.1 Å². The molecule has 0 saturated heterocycles. The summed E-state index contributed by atoms with van der Waals surface area (Å²) >= 11 is 9.23. The van der Waals surface area contributed by atoms with Crippen molar-refractivity contribution in [1.82, 2.24) is 0 Å². The number of nitrogens with two attached hydrogens (primary N) is 1. The van der Waals surface area contributed by atoms with Crippen molar-refractivity contribution in [2.75, 3.05) is 0 Å². The molecule has 0 bridgehead atoms. The second-order valence-corrected chi connectivity index (χ2v) is 5.83. The van der Waals surface area contributed by atoms with E-state index in [4.69, 9.17) is 17.3 Å². The van der Waals surface area contributed by atoms with Crippen LogP contribution in [0.2, 0.25) is 5.02 Å². The van der Waals surface area contributed by atoms with Crippen LogP contribution in [0.4, 0.5) is 4.39 Å². The second kappa shape index (κ2) is 6.04. The average molecular weight is 343 g/mol. The number of hydrogen-bond acceptors (Lipinski definition) is 1. The van der Waals surface area contributed by atoms with Gasteiger partial charge in [0.15, 0.2) is 0 Å². The van der Waals surface area contributed by atoms with Gasteiger partial charge in [-0.05, 0) is 48.2 Å². The predicted octanol–water partition coefficient (Wildman–Crippen LogP) is 4.79. The molecule has 2 aromatic carbocycles. The molecule has 0 aromatic heterocycles. The summed E-state index contributed by atoms with van der Waals surface area (Å²) in [5.74, 6) is -0.404. The molecule has 0 fully saturated rings. The maximum Gasteiger partial charge on any atom is 0.141 e. The summed E-state index contributed by atoms with van der Waals surface area (Å²) in [7, 11) is 0. The number of rotatable bonds is 3. The molecule has 4 heteroatoms. The van der Waals surface area contributed by atoms with E-state index >= 15 is 0 Å². The zero-order valence-corrected chi connectivity index (χ0v) is 12.8. The van der Waals surface area contributed by atoms with Gasteiger partial charge in [0.1, 0.15) is 5.82 Å². The van der Waals surface area contributed by atoms with Gasteiger partial charge < -0.3 is 5.73 Å². The molecule has 100 valence electrons. The van der Waals surface area contributed by atoms with Crippen LogP contribution in [0.15, 0.2) is 40.9 Å². The molecule has 1 atom stereocenters. The minimum absolute atomic E-state index is 0.131. The molecule has 0 aliphatic carbocycles. The monoisotopic (exact) mass is 341 g/mol. The Hall–Kier alpha value is -0.900. The van der Waals surface area contributed by atoms with Crippen molar-refractivity contribution < 1.29 is 4.39 Å². The molecular formula is C15H14BrClFN. The summed E-state index contributed by atoms with van der Waals surface area (Å²) in [5.41, 5.74) is 9.31. The Labute approximate surface area is 125 Å². The molecule has 0 heterocycles. The highest BCUT2D eigenvalue weighted by molar-refractivity contribution is 9.10. The van der Waals surface area contributed by atoms with E-state index < -0.39 is 5.82 Å². The van der Waals surface area contributed by atoms with Crippen molar-refractivity contribution in [2.45, 2.75) is 19.4 Å². The Balaban J connectivity index is 2.17. The molecule has 1 unspecified atom stereocenters. The van der Waals surface area contributed by atoms with E-state index in [0.29, 0.717) is 6.42 Å². The van der Waals surface area contributed by atoms with Crippen LogP contribution in [0.1, 0.15) is 22.7 Å². The molecule has 0 aliphatic rings. The second-order valence-electron chi connectivity index (χ2n) is 4.57. The normalized spacial score (nSPS) is 12.5. The summed E-state index contributed by atoms with van der Waals surface area (Å²) in [6.07, 6.45) is 0.626. The van der Waals surface area contributed by atoms with Crippen molar-refractivity contribution in [2.24, 2.45) is 5.73 Å². The van der Waals surface area contributed by atoms with E-state index in [1.807, 2.05) is 19.1 Å². The van der Waals surface area contributed by atoms with Gasteiger partial charge in [0.25, 0.3) is 0 Å². The van der Waals surface area contributed by atoms with Crippen molar-refractivity contribution in [3.63, 3.8) is 0 Å². The van der Waals surface area contributed by atoms with Crippen LogP contribution in [0.3, 0.4) is 0 Å². The zero-order valence-electron chi connectivity index (χ0n) is 10.5. The highest BCUT2D eigenvalue weighted by Gasteiger charge is 2.10. The molecule has 0 aliphatic heterocycles. The molecule has 0 saturated carbocycles. The number of hydrogen-bond donors (Lipinski definition) is 1. The van der Waals surface area contributed by atoms with Gasteiger partial charge in [0.05, 0.1) is 5.02 Å². The SMILES string of the molecule is Cc1cc(C(N)Cc2ccc(F)c(Cl)c2)ccc1Br. The van der Waals surface area contributed by atoms with Gasteiger partial charge in [0, 0.05) is 10.5 Å². The van der Waals surface area contributed by atoms with Gasteiger partial charge in [-0.25, -0.2) is 4.39 Å². The van der Waals surface area contributed by atoms with Gasteiger partial charge in [-0.2, -0.15) is 0 Å². The fourth-order valence-corrected chi connectivity index (χ4v) is 2.39. The Morgan fingerprint density at radius 1 is 1.26 bits per heavy atom. The molecular weight excluding hydrogens is 329 g/mol. The molecule has 1 nitrogen and oxygen atoms in total. The van der Waals surface area contributed by atoms with Crippen LogP contribution in [0.5, 0.6) is 0 Å². The fraction of sp³-hybridized carbons (Fsp3) is 0.200. The Morgan fingerprint density at radius 3 is 2.63 bits per heavy atom. The minimum Gasteiger partial charge on any atom is -0.324 e. The maximum absolute atomic E-state index is 13.1. The van der Waals surface area contributed by atoms with E-state index in [9.17, 15) is 4.39 Å². The third kappa shape index (κ3) is 3.56. The number of aryl methyl sites for hydroxylation is 1. The standard InChI is InChI=1S/C15H14BrClFN/c1-9-6-11(3-4-12(9)16)15(19)8-10-2-5-14(18)13(17)7-10/h2-7,15H,8,19H2,1H3. The minimum atomic E-state index is -0.404. The van der Waals surface area contributed by atoms with Crippen LogP contribution in [0, 0.1) is 12.7 Å². The Kier molecular flexibility index (Phi) is 4.61. The van der Waals surface area contributed by atoms with Crippen LogP contribution in [0.25, 0.3) is 0 Å². The van der Waals surface area contributed by atoms with Crippen LogP contribution < -0.4 is 5.73 Å². The average Bonchev–Trinajstić information content (AvgIpc) is 2.37. The quantitative estimate of drug-likeness (QED) is 0.852. The lowest BCUT2D eigenvalue weighted by Gasteiger charge is -2.14. The van der Waals surface area contributed by atoms with E-state index in [2.05, 4.69) is 22.0 Å². The number of halogens is 3. The first kappa shape index (κ1) is 14.5. The van der Waals surface area contributed by atoms with Gasteiger partial charge in [-0.1, -0.05) is 45.7 Å². The third-order valence-electron chi connectivity index (χ3n) is 3.05. The summed E-state index contributed by atoms with van der Waals surface area (Å²) in [4.78, 5) is 0. The van der Waals surface area contributed by atoms with Crippen LogP contribution in [-0.4, -0.2) is 0 Å². The lowest BCUT2D eigenvalue weighted by molar-refractivity contribution is 0.626. The highest BCUT2D eigenvalue weighted by atomic mass is 79.9. The topological polar surface area (TPSA) is 26.0 Å². The fourth-order valence-electron chi connectivity index (χ4n) is 1.94. The van der Waals surface area contributed by atoms with Gasteiger partial charge in [0.2, 0.25) is 0 Å². The molecule has 2 rings (SSSR count). The molecule has 0 spiro atoms. The lowest BCUT2D eigenvalue weighted by Crippen LogP contribution is -2.13. The third-order valence-corrected chi connectivity index (χ3v) is 4.23. The van der Waals surface area contributed by atoms with Crippen molar-refractivity contribution in [3.05, 3.63) is 68.4 Å². The van der Waals surface area contributed by atoms with Crippen molar-refractivity contribution in [1.29, 1.82) is 0 Å². The maximum atomic E-state index is 13.1. The first-order valence-electron chi connectivity index (χ1n) is 5.93. The van der Waals surface area contributed by atoms with Gasteiger partial charge in [-0.3, -0.25) is 0 Å². The van der Waals surface area contributed by atoms with Gasteiger partial charge in [-0.15, -0.1) is 0 Å². The summed E-state index contributed by atoms with van der Waals surface area (Å²) in [5, 5.41) is 0.136. The molecule has 0 amide bonds. The Bertz CT molecular complexity index is 601. The molecule has 0 radical (unpaired) electrons. The molecule has 19 heavy (non-hydrogen) atoms. The number of benzene rings is 2. The smallest absolute Gasteiger partial charge is 0.141 e. The zero-order chi connectivity index (χ0) is 14.0. The Morgan fingerprint density at radius 2 is 2.00 bits per heavy atom. The first-order valence-corrected chi connectivity index (χ1v) is 7.10. The van der Waals surface area contributed by atoms with Crippen molar-refractivity contribution >= 4 is 27.5 Å².